The number of alkyl halides is 2. The topological polar surface area (TPSA) is 188 Å². The van der Waals surface area contributed by atoms with Crippen LogP contribution < -0.4 is 10.6 Å². The molecule has 7 N–H and O–H groups in total. The van der Waals surface area contributed by atoms with Gasteiger partial charge in [-0.2, -0.15) is 0 Å². The highest BCUT2D eigenvalue weighted by atomic mass is 19.3. The standard InChI is InChI=1S/C30H38F2N4O8/c1-12-15-14(34(2)3)10-13(11-36-8-6-29(31,32)7-9-36)22(37)17(15)23(38)18-16(12)24(39)20-21(35(4)5)25(40)19(28(33)43)27(42)30(20,44)26(18)41/h10,12,16,20-21,24,37-39,42,44H,6-9,11H2,1-5H3,(H2,33,43)/t12-,16+,20+,21-,24-,30-/m0/s1. The largest absolute Gasteiger partial charge is 0.508 e. The molecule has 2 fully saturated rings. The van der Waals surface area contributed by atoms with Gasteiger partial charge < -0.3 is 36.2 Å². The van der Waals surface area contributed by atoms with Crippen LogP contribution in [0.25, 0.3) is 5.76 Å². The molecule has 6 atom stereocenters. The molecule has 0 bridgehead atoms. The van der Waals surface area contributed by atoms with Crippen molar-refractivity contribution in [1.29, 1.82) is 0 Å². The molecule has 1 saturated heterocycles. The zero-order valence-electron chi connectivity index (χ0n) is 25.1. The predicted molar refractivity (Wildman–Crippen MR) is 154 cm³/mol. The lowest BCUT2D eigenvalue weighted by molar-refractivity contribution is -0.169. The maximum Gasteiger partial charge on any atom is 0.255 e. The number of hydrogen-bond acceptors (Lipinski definition) is 11. The van der Waals surface area contributed by atoms with Crippen molar-refractivity contribution in [2.75, 3.05) is 46.2 Å². The number of aromatic hydroxyl groups is 1. The first kappa shape index (κ1) is 31.8. The van der Waals surface area contributed by atoms with Gasteiger partial charge in [-0.15, -0.1) is 0 Å². The Morgan fingerprint density at radius 1 is 1.11 bits per heavy atom. The van der Waals surface area contributed by atoms with Crippen LogP contribution in [-0.2, 0) is 20.9 Å². The first-order valence-corrected chi connectivity index (χ1v) is 14.4. The smallest absolute Gasteiger partial charge is 0.255 e. The van der Waals surface area contributed by atoms with Gasteiger partial charge in [0.25, 0.3) is 11.8 Å². The number of phenols is 1. The van der Waals surface area contributed by atoms with Gasteiger partial charge >= 0.3 is 0 Å². The maximum absolute atomic E-state index is 14.2. The van der Waals surface area contributed by atoms with Crippen LogP contribution >= 0.6 is 0 Å². The van der Waals surface area contributed by atoms with E-state index in [9.17, 15) is 48.7 Å². The fraction of sp³-hybridized carbons (Fsp3) is 0.567. The summed E-state index contributed by atoms with van der Waals surface area (Å²) >= 11 is 0. The number of aliphatic hydroxyl groups is 4. The van der Waals surface area contributed by atoms with Gasteiger partial charge in [-0.05, 0) is 31.6 Å². The molecule has 12 nitrogen and oxygen atoms in total. The zero-order valence-corrected chi connectivity index (χ0v) is 25.1. The van der Waals surface area contributed by atoms with Gasteiger partial charge in [-0.25, -0.2) is 8.78 Å². The van der Waals surface area contributed by atoms with Gasteiger partial charge in [-0.3, -0.25) is 24.2 Å². The monoisotopic (exact) mass is 620 g/mol. The fourth-order valence-electron chi connectivity index (χ4n) is 7.57. The number of nitrogens with two attached hydrogens (primary N) is 1. The number of halogens is 2. The van der Waals surface area contributed by atoms with Crippen LogP contribution in [0.3, 0.4) is 0 Å². The van der Waals surface area contributed by atoms with Crippen molar-refractivity contribution in [2.45, 2.75) is 55.9 Å². The minimum absolute atomic E-state index is 0.0666. The van der Waals surface area contributed by atoms with Crippen molar-refractivity contribution < 1.29 is 48.7 Å². The minimum Gasteiger partial charge on any atom is -0.508 e. The van der Waals surface area contributed by atoms with Gasteiger partial charge in [0.05, 0.1) is 23.6 Å². The molecule has 14 heteroatoms. The Hall–Kier alpha value is -3.59. The number of piperidine rings is 1. The van der Waals surface area contributed by atoms with E-state index in [1.54, 1.807) is 36.9 Å². The number of likely N-dealkylation sites (N-methyl/N-ethyl adjacent to an activating group) is 1. The summed E-state index contributed by atoms with van der Waals surface area (Å²) in [6, 6.07) is 0.222. The number of carbonyl (C=O) groups is 3. The van der Waals surface area contributed by atoms with E-state index in [1.807, 2.05) is 0 Å². The molecule has 1 aliphatic heterocycles. The number of fused-ring (bicyclic) bond motifs is 3. The first-order valence-electron chi connectivity index (χ1n) is 14.4. The van der Waals surface area contributed by atoms with Gasteiger partial charge in [0, 0.05) is 69.3 Å². The molecule has 0 aromatic heterocycles. The molecule has 1 aromatic rings. The second-order valence-electron chi connectivity index (χ2n) is 12.8. The third kappa shape index (κ3) is 4.41. The average molecular weight is 621 g/mol. The molecule has 0 unspecified atom stereocenters. The van der Waals surface area contributed by atoms with Crippen LogP contribution in [0.1, 0.15) is 42.4 Å². The first-order chi connectivity index (χ1) is 20.4. The third-order valence-electron chi connectivity index (χ3n) is 9.74. The summed E-state index contributed by atoms with van der Waals surface area (Å²) in [6.07, 6.45) is -2.40. The van der Waals surface area contributed by atoms with Crippen molar-refractivity contribution in [3.8, 4) is 5.75 Å². The molecule has 1 saturated carbocycles. The van der Waals surface area contributed by atoms with Crippen LogP contribution in [0.5, 0.6) is 5.75 Å². The minimum atomic E-state index is -3.01. The SMILES string of the molecule is C[C@H]1c2c(N(C)C)cc(CN3CCC(F)(F)CC3)c(O)c2C(O)=C2C(=O)[C@]3(O)C(O)=C(C(N)=O)C(=O)[C@@H](N(C)C)[C@@H]3[C@@H](O)[C@@H]21. The van der Waals surface area contributed by atoms with Crippen LogP contribution in [0.4, 0.5) is 14.5 Å². The Morgan fingerprint density at radius 3 is 2.23 bits per heavy atom. The number of hydrogen-bond donors (Lipinski definition) is 6. The Labute approximate surface area is 252 Å². The van der Waals surface area contributed by atoms with Crippen molar-refractivity contribution >= 4 is 28.9 Å². The fourth-order valence-corrected chi connectivity index (χ4v) is 7.57. The van der Waals surface area contributed by atoms with Crippen molar-refractivity contribution in [2.24, 2.45) is 17.6 Å². The number of amides is 1. The molecule has 5 rings (SSSR count). The predicted octanol–water partition coefficient (Wildman–Crippen LogP) is 0.793. The van der Waals surface area contributed by atoms with Crippen LogP contribution in [-0.4, -0.2) is 118 Å². The molecule has 0 radical (unpaired) electrons. The van der Waals surface area contributed by atoms with E-state index in [2.05, 4.69) is 0 Å². The quantitative estimate of drug-likeness (QED) is 0.256. The Morgan fingerprint density at radius 2 is 1.70 bits per heavy atom. The summed E-state index contributed by atoms with van der Waals surface area (Å²) in [4.78, 5) is 44.6. The number of rotatable bonds is 5. The highest BCUT2D eigenvalue weighted by molar-refractivity contribution is 6.24. The van der Waals surface area contributed by atoms with E-state index in [1.165, 1.54) is 19.0 Å². The number of likely N-dealkylation sites (tertiary alicyclic amines) is 1. The number of Topliss-reactive ketones (excluding diaryl/α,β-unsaturated/α-hetero) is 2. The summed E-state index contributed by atoms with van der Waals surface area (Å²) in [6.45, 7) is 1.88. The second kappa shape index (κ2) is 10.5. The molecule has 1 amide bonds. The highest BCUT2D eigenvalue weighted by Crippen LogP contribution is 2.58. The Bertz CT molecular complexity index is 1510. The van der Waals surface area contributed by atoms with E-state index in [0.29, 0.717) is 16.8 Å². The van der Waals surface area contributed by atoms with Crippen molar-refractivity contribution in [3.63, 3.8) is 0 Å². The number of benzene rings is 1. The molecule has 0 spiro atoms. The van der Waals surface area contributed by atoms with E-state index in [4.69, 9.17) is 5.73 Å². The van der Waals surface area contributed by atoms with E-state index in [-0.39, 0.29) is 38.0 Å². The van der Waals surface area contributed by atoms with Gasteiger partial charge in [0.2, 0.25) is 5.78 Å². The van der Waals surface area contributed by atoms with Crippen molar-refractivity contribution in [1.82, 2.24) is 9.80 Å². The Balaban J connectivity index is 1.73. The summed E-state index contributed by atoms with van der Waals surface area (Å²) < 4.78 is 27.6. The molecule has 1 aromatic carbocycles. The van der Waals surface area contributed by atoms with E-state index in [0.717, 1.165) is 0 Å². The van der Waals surface area contributed by atoms with Crippen LogP contribution in [0.15, 0.2) is 23.0 Å². The number of anilines is 1. The lowest BCUT2D eigenvalue weighted by Crippen LogP contribution is -2.70. The van der Waals surface area contributed by atoms with E-state index >= 15 is 0 Å². The summed E-state index contributed by atoms with van der Waals surface area (Å²) in [5, 5.41) is 58.0. The van der Waals surface area contributed by atoms with Gasteiger partial charge in [0.15, 0.2) is 11.4 Å². The number of ketones is 2. The molecule has 240 valence electrons. The number of primary amides is 1. The molecular formula is C30H38F2N4O8. The summed E-state index contributed by atoms with van der Waals surface area (Å²) in [7, 11) is 6.32. The van der Waals surface area contributed by atoms with Crippen LogP contribution in [0, 0.1) is 11.8 Å². The molecule has 3 aliphatic carbocycles. The molecule has 4 aliphatic rings. The number of phenolic OH excluding ortho intramolecular Hbond substituents is 1. The third-order valence-corrected chi connectivity index (χ3v) is 9.74. The van der Waals surface area contributed by atoms with E-state index < -0.39 is 87.3 Å². The number of nitrogens with zero attached hydrogens (tertiary/aromatic N) is 3. The second-order valence-corrected chi connectivity index (χ2v) is 12.8. The molecule has 1 heterocycles. The lowest BCUT2D eigenvalue weighted by Gasteiger charge is -2.54. The van der Waals surface area contributed by atoms with Crippen molar-refractivity contribution in [3.05, 3.63) is 39.7 Å². The summed E-state index contributed by atoms with van der Waals surface area (Å²) in [5.41, 5.74) is 1.94. The number of carbonyl (C=O) groups excluding carboxylic acids is 3. The maximum atomic E-state index is 14.2. The lowest BCUT2D eigenvalue weighted by atomic mass is 9.54. The summed E-state index contributed by atoms with van der Waals surface area (Å²) in [5.74, 6) is -12.5. The number of aliphatic hydroxyl groups excluding tert-OH is 3. The Kier molecular flexibility index (Phi) is 7.59. The van der Waals surface area contributed by atoms with Gasteiger partial charge in [-0.1, -0.05) is 6.92 Å². The highest BCUT2D eigenvalue weighted by Gasteiger charge is 2.68. The normalized spacial score (nSPS) is 32.0. The average Bonchev–Trinajstić information content (AvgIpc) is 2.92. The molecular weight excluding hydrogens is 582 g/mol. The van der Waals surface area contributed by atoms with Gasteiger partial charge in [0.1, 0.15) is 22.8 Å². The van der Waals surface area contributed by atoms with Crippen LogP contribution in [0.2, 0.25) is 0 Å². The molecule has 44 heavy (non-hydrogen) atoms. The zero-order chi connectivity index (χ0) is 32.8.